The Morgan fingerprint density at radius 3 is 2.21 bits per heavy atom. The third-order valence-corrected chi connectivity index (χ3v) is 9.24. The number of hydrogen-bond acceptors (Lipinski definition) is 4. The minimum absolute atomic E-state index is 0.0450. The summed E-state index contributed by atoms with van der Waals surface area (Å²) in [6.45, 7) is 0.474. The van der Waals surface area contributed by atoms with Gasteiger partial charge in [-0.15, -0.1) is 0 Å². The van der Waals surface area contributed by atoms with Gasteiger partial charge in [-0.3, -0.25) is 0 Å². The van der Waals surface area contributed by atoms with Crippen molar-refractivity contribution < 1.29 is 24.4 Å². The van der Waals surface area contributed by atoms with Crippen LogP contribution in [-0.2, 0) is 6.54 Å². The van der Waals surface area contributed by atoms with E-state index in [1.807, 2.05) is 17.0 Å². The fraction of sp³-hybridized carbons (Fsp3) is 0.136. The van der Waals surface area contributed by atoms with Crippen molar-refractivity contribution in [2.24, 2.45) is 0 Å². The summed E-state index contributed by atoms with van der Waals surface area (Å²) in [7, 11) is 0. The number of aromatic nitrogens is 1. The van der Waals surface area contributed by atoms with Crippen LogP contribution >= 0.6 is 0 Å². The third-order valence-electron chi connectivity index (χ3n) is 5.00. The van der Waals surface area contributed by atoms with Crippen LogP contribution in [0.4, 0.5) is 0 Å². The number of pyridine rings is 1. The van der Waals surface area contributed by atoms with Gasteiger partial charge >= 0.3 is 159 Å². The van der Waals surface area contributed by atoms with Crippen molar-refractivity contribution in [3.8, 4) is 11.5 Å². The molecule has 1 aromatic heterocycles. The fourth-order valence-corrected chi connectivity index (χ4v) is 5.87. The van der Waals surface area contributed by atoms with E-state index in [2.05, 4.69) is 22.0 Å². The summed E-state index contributed by atoms with van der Waals surface area (Å²) in [5, 5.41) is 20.5. The molecule has 0 saturated heterocycles. The van der Waals surface area contributed by atoms with Crippen LogP contribution in [-0.4, -0.2) is 41.5 Å². The molecule has 0 spiro atoms. The molecular formula is C22H19NO4Sn+. The molecule has 0 unspecified atom stereocenters. The number of carbonyl (C=O) groups excluding carboxylic acids is 2. The second-order valence-electron chi connectivity index (χ2n) is 7.15. The molecular weight excluding hydrogens is 461 g/mol. The van der Waals surface area contributed by atoms with Gasteiger partial charge in [-0.1, -0.05) is 0 Å². The third kappa shape index (κ3) is 3.09. The number of phenols is 2. The van der Waals surface area contributed by atoms with Gasteiger partial charge in [-0.05, 0) is 6.07 Å². The molecule has 0 bridgehead atoms. The zero-order valence-corrected chi connectivity index (χ0v) is 18.4. The predicted octanol–water partition coefficient (Wildman–Crippen LogP) is 2.17. The second kappa shape index (κ2) is 7.05. The van der Waals surface area contributed by atoms with Crippen LogP contribution in [0.2, 0.25) is 9.88 Å². The molecule has 1 heterocycles. The Morgan fingerprint density at radius 1 is 0.857 bits per heavy atom. The Kier molecular flexibility index (Phi) is 4.71. The number of nitrogens with zero attached hydrogens (tertiary/aromatic N) is 1. The summed E-state index contributed by atoms with van der Waals surface area (Å²) in [4.78, 5) is 30.3. The van der Waals surface area contributed by atoms with Gasteiger partial charge in [0.1, 0.15) is 0 Å². The first kappa shape index (κ1) is 18.7. The van der Waals surface area contributed by atoms with Crippen molar-refractivity contribution >= 4 is 34.9 Å². The molecule has 2 N–H and O–H groups in total. The Balaban J connectivity index is 1.75. The van der Waals surface area contributed by atoms with E-state index in [-0.39, 0.29) is 39.5 Å². The normalized spacial score (nSPS) is 12.8. The molecule has 1 aliphatic rings. The standard InChI is InChI=1S/C20H12NO4.2CH3.Sn/c22-15-6-4-5-13-17(15)20(25)18-14(19(13)24)9-12(10-16(18)23)11-21-7-2-1-3-8-21;;;/h2-10H,11H2,(H-,22,23,25);2*1H3;/p+1. The van der Waals surface area contributed by atoms with E-state index < -0.39 is 25.5 Å². The van der Waals surface area contributed by atoms with Gasteiger partial charge in [0.2, 0.25) is 0 Å². The Bertz CT molecular complexity index is 1120. The van der Waals surface area contributed by atoms with E-state index >= 15 is 0 Å². The van der Waals surface area contributed by atoms with E-state index in [9.17, 15) is 19.8 Å². The fourth-order valence-electron chi connectivity index (χ4n) is 3.54. The summed E-state index contributed by atoms with van der Waals surface area (Å²) in [5.41, 5.74) is 0.970. The average Bonchev–Trinajstić information content (AvgIpc) is 2.66. The van der Waals surface area contributed by atoms with Gasteiger partial charge in [0.05, 0.1) is 0 Å². The number of benzene rings is 2. The number of aromatic hydroxyl groups is 2. The maximum absolute atomic E-state index is 12.9. The van der Waals surface area contributed by atoms with Crippen LogP contribution in [0.15, 0.2) is 54.9 Å². The summed E-state index contributed by atoms with van der Waals surface area (Å²) in [6.07, 6.45) is 4.00. The van der Waals surface area contributed by atoms with Gasteiger partial charge < -0.3 is 5.11 Å². The summed E-state index contributed by atoms with van der Waals surface area (Å²) < 4.78 is 3.40. The van der Waals surface area contributed by atoms with Crippen molar-refractivity contribution in [3.05, 3.63) is 82.7 Å². The zero-order valence-electron chi connectivity index (χ0n) is 15.6. The predicted molar refractivity (Wildman–Crippen MR) is 106 cm³/mol. The molecule has 1 aliphatic carbocycles. The van der Waals surface area contributed by atoms with Crippen molar-refractivity contribution in [3.63, 3.8) is 0 Å². The van der Waals surface area contributed by atoms with Crippen LogP contribution in [0.3, 0.4) is 0 Å². The van der Waals surface area contributed by atoms with E-state index in [0.29, 0.717) is 6.54 Å². The molecule has 4 rings (SSSR count). The molecule has 0 fully saturated rings. The van der Waals surface area contributed by atoms with Crippen molar-refractivity contribution in [1.29, 1.82) is 0 Å². The molecule has 0 aliphatic heterocycles. The van der Waals surface area contributed by atoms with E-state index in [0.717, 1.165) is 5.56 Å². The average molecular weight is 480 g/mol. The topological polar surface area (TPSA) is 78.5 Å². The molecule has 0 atom stereocenters. The number of rotatable bonds is 3. The van der Waals surface area contributed by atoms with Crippen molar-refractivity contribution in [1.82, 2.24) is 0 Å². The SMILES string of the molecule is [CH3][Sn]([CH3])[c]1cc[n+](Cc2cc(O)c3c(c2)C(=O)c2cccc(O)c2C3=O)cc1. The molecule has 3 aromatic rings. The van der Waals surface area contributed by atoms with Crippen molar-refractivity contribution in [2.45, 2.75) is 16.4 Å². The van der Waals surface area contributed by atoms with Gasteiger partial charge in [0.25, 0.3) is 0 Å². The Labute approximate surface area is 169 Å². The molecule has 0 saturated carbocycles. The molecule has 139 valence electrons. The van der Waals surface area contributed by atoms with Gasteiger partial charge in [-0.2, -0.15) is 0 Å². The number of hydrogen-bond donors (Lipinski definition) is 2. The van der Waals surface area contributed by atoms with Gasteiger partial charge in [0, 0.05) is 0 Å². The maximum atomic E-state index is 12.9. The molecule has 28 heavy (non-hydrogen) atoms. The van der Waals surface area contributed by atoms with Crippen molar-refractivity contribution in [2.75, 3.05) is 0 Å². The number of fused-ring (bicyclic) bond motifs is 2. The number of carbonyl (C=O) groups is 2. The van der Waals surface area contributed by atoms with E-state index in [1.54, 1.807) is 6.07 Å². The minimum atomic E-state index is -1.41. The quantitative estimate of drug-likeness (QED) is 0.348. The van der Waals surface area contributed by atoms with Crippen LogP contribution in [0.25, 0.3) is 0 Å². The Hall–Kier alpha value is -2.67. The summed E-state index contributed by atoms with van der Waals surface area (Å²) in [6, 6.07) is 11.8. The first-order chi connectivity index (χ1) is 13.4. The van der Waals surface area contributed by atoms with Crippen LogP contribution in [0.1, 0.15) is 37.4 Å². The number of ketones is 2. The summed E-state index contributed by atoms with van der Waals surface area (Å²) >= 11 is -1.41. The monoisotopic (exact) mass is 481 g/mol. The molecule has 5 nitrogen and oxygen atoms in total. The van der Waals surface area contributed by atoms with Crippen LogP contribution in [0, 0.1) is 0 Å². The molecule has 2 aromatic carbocycles. The second-order valence-corrected chi connectivity index (χ2v) is 14.5. The summed E-state index contributed by atoms with van der Waals surface area (Å²) in [5.74, 6) is -1.40. The van der Waals surface area contributed by atoms with E-state index in [4.69, 9.17) is 0 Å². The molecule has 1 radical (unpaired) electrons. The molecule has 6 heteroatoms. The van der Waals surface area contributed by atoms with Gasteiger partial charge in [-0.25, -0.2) is 0 Å². The zero-order chi connectivity index (χ0) is 20.0. The first-order valence-corrected chi connectivity index (χ1v) is 16.1. The van der Waals surface area contributed by atoms with E-state index in [1.165, 1.54) is 27.8 Å². The van der Waals surface area contributed by atoms with Gasteiger partial charge in [0.15, 0.2) is 0 Å². The molecule has 0 amide bonds. The van der Waals surface area contributed by atoms with Crippen LogP contribution < -0.4 is 8.15 Å². The Morgan fingerprint density at radius 2 is 1.54 bits per heavy atom. The van der Waals surface area contributed by atoms with Crippen LogP contribution in [0.5, 0.6) is 11.5 Å². The first-order valence-electron chi connectivity index (χ1n) is 8.93. The number of phenolic OH excluding ortho intramolecular Hbond substituents is 2.